The van der Waals surface area contributed by atoms with Crippen molar-refractivity contribution in [1.82, 2.24) is 25.0 Å². The van der Waals surface area contributed by atoms with Crippen LogP contribution in [0.5, 0.6) is 0 Å². The molecule has 0 unspecified atom stereocenters. The van der Waals surface area contributed by atoms with Crippen LogP contribution < -0.4 is 5.32 Å². The molecule has 23 heavy (non-hydrogen) atoms. The quantitative estimate of drug-likeness (QED) is 0.911. The van der Waals surface area contributed by atoms with E-state index in [-0.39, 0.29) is 5.91 Å². The van der Waals surface area contributed by atoms with E-state index in [0.717, 1.165) is 24.5 Å². The maximum atomic E-state index is 12.1. The molecule has 0 aliphatic carbocycles. The highest BCUT2D eigenvalue weighted by molar-refractivity contribution is 7.09. The lowest BCUT2D eigenvalue weighted by molar-refractivity contribution is 0.0939. The molecule has 0 saturated heterocycles. The Hall–Kier alpha value is -1.73. The second-order valence-electron chi connectivity index (χ2n) is 6.24. The highest BCUT2D eigenvalue weighted by Gasteiger charge is 2.26. The van der Waals surface area contributed by atoms with Crippen molar-refractivity contribution in [1.29, 1.82) is 0 Å². The molecule has 0 radical (unpaired) electrons. The van der Waals surface area contributed by atoms with Gasteiger partial charge in [-0.2, -0.15) is 5.10 Å². The molecular formula is C16H23N5OS. The Balaban J connectivity index is 1.58. The minimum atomic E-state index is -0.0911. The van der Waals surface area contributed by atoms with E-state index in [1.165, 1.54) is 17.0 Å². The second-order valence-corrected chi connectivity index (χ2v) is 7.30. The van der Waals surface area contributed by atoms with Crippen LogP contribution in [0.2, 0.25) is 0 Å². The monoisotopic (exact) mass is 333 g/mol. The first kappa shape index (κ1) is 16.1. The number of nitrogens with one attached hydrogen (secondary N) is 1. The lowest BCUT2D eigenvalue weighted by atomic mass is 10.1. The standard InChI is InChI=1S/C16H23N5OS/c1-11(2)20-8-13(21-14(9-20)5-7-18-21)4-6-17-16(22)15-10-23-12(3)19-15/h5,7,10-11,13H,4,6,8-9H2,1-3H3,(H,17,22)/t13-/m0/s1. The van der Waals surface area contributed by atoms with Crippen molar-refractivity contribution in [2.24, 2.45) is 0 Å². The van der Waals surface area contributed by atoms with Gasteiger partial charge >= 0.3 is 0 Å². The Bertz CT molecular complexity index is 678. The molecule has 1 aliphatic heterocycles. The number of aryl methyl sites for hydroxylation is 1. The number of carbonyl (C=O) groups excluding carboxylic acids is 1. The molecular weight excluding hydrogens is 310 g/mol. The Labute approximate surface area is 140 Å². The Morgan fingerprint density at radius 1 is 1.52 bits per heavy atom. The molecule has 6 nitrogen and oxygen atoms in total. The van der Waals surface area contributed by atoms with Crippen LogP contribution in [0.1, 0.15) is 47.5 Å². The fourth-order valence-corrected chi connectivity index (χ4v) is 3.53. The van der Waals surface area contributed by atoms with Gasteiger partial charge in [-0.1, -0.05) is 0 Å². The molecule has 0 spiro atoms. The van der Waals surface area contributed by atoms with Gasteiger partial charge < -0.3 is 5.32 Å². The molecule has 7 heteroatoms. The van der Waals surface area contributed by atoms with Gasteiger partial charge in [-0.05, 0) is 33.3 Å². The summed E-state index contributed by atoms with van der Waals surface area (Å²) in [5, 5.41) is 10.1. The Morgan fingerprint density at radius 2 is 2.35 bits per heavy atom. The van der Waals surface area contributed by atoms with E-state index in [1.54, 1.807) is 5.38 Å². The van der Waals surface area contributed by atoms with E-state index in [2.05, 4.69) is 44.9 Å². The van der Waals surface area contributed by atoms with Crippen LogP contribution in [-0.2, 0) is 6.54 Å². The summed E-state index contributed by atoms with van der Waals surface area (Å²) in [5.74, 6) is -0.0911. The molecule has 1 atom stereocenters. The van der Waals surface area contributed by atoms with Crippen molar-refractivity contribution < 1.29 is 4.79 Å². The molecule has 1 N–H and O–H groups in total. The lowest BCUT2D eigenvalue weighted by Crippen LogP contribution is -2.42. The fraction of sp³-hybridized carbons (Fsp3) is 0.562. The summed E-state index contributed by atoms with van der Waals surface area (Å²) >= 11 is 1.50. The number of nitrogens with zero attached hydrogens (tertiary/aromatic N) is 4. The smallest absolute Gasteiger partial charge is 0.270 e. The predicted molar refractivity (Wildman–Crippen MR) is 90.6 cm³/mol. The first-order valence-corrected chi connectivity index (χ1v) is 8.89. The number of hydrogen-bond acceptors (Lipinski definition) is 5. The number of hydrogen-bond donors (Lipinski definition) is 1. The summed E-state index contributed by atoms with van der Waals surface area (Å²) in [5.41, 5.74) is 1.76. The maximum absolute atomic E-state index is 12.1. The van der Waals surface area contributed by atoms with Crippen LogP contribution >= 0.6 is 11.3 Å². The summed E-state index contributed by atoms with van der Waals surface area (Å²) in [6.07, 6.45) is 2.73. The van der Waals surface area contributed by atoms with Gasteiger partial charge in [-0.3, -0.25) is 14.4 Å². The average molecular weight is 333 g/mol. The van der Waals surface area contributed by atoms with Crippen molar-refractivity contribution in [3.05, 3.63) is 34.0 Å². The third-order valence-electron chi connectivity index (χ3n) is 4.25. The van der Waals surface area contributed by atoms with Crippen molar-refractivity contribution >= 4 is 17.2 Å². The van der Waals surface area contributed by atoms with Gasteiger partial charge in [0, 0.05) is 37.3 Å². The highest BCUT2D eigenvalue weighted by atomic mass is 32.1. The molecule has 0 aromatic carbocycles. The summed E-state index contributed by atoms with van der Waals surface area (Å²) < 4.78 is 2.11. The maximum Gasteiger partial charge on any atom is 0.270 e. The van der Waals surface area contributed by atoms with Gasteiger partial charge in [0.1, 0.15) is 5.69 Å². The van der Waals surface area contributed by atoms with Crippen LogP contribution in [0.25, 0.3) is 0 Å². The van der Waals surface area contributed by atoms with E-state index in [9.17, 15) is 4.79 Å². The van der Waals surface area contributed by atoms with Gasteiger partial charge in [0.2, 0.25) is 0 Å². The van der Waals surface area contributed by atoms with E-state index in [1.807, 2.05) is 13.1 Å². The minimum absolute atomic E-state index is 0.0911. The van der Waals surface area contributed by atoms with Gasteiger partial charge in [0.15, 0.2) is 0 Å². The summed E-state index contributed by atoms with van der Waals surface area (Å²) in [6.45, 7) is 8.88. The SMILES string of the molecule is Cc1nc(C(=O)NCC[C@H]2CN(C(C)C)Cc3ccnn32)cs1. The molecule has 0 fully saturated rings. The third-order valence-corrected chi connectivity index (χ3v) is 5.03. The Morgan fingerprint density at radius 3 is 3.04 bits per heavy atom. The first-order valence-electron chi connectivity index (χ1n) is 8.01. The van der Waals surface area contributed by atoms with Gasteiger partial charge in [-0.15, -0.1) is 11.3 Å². The molecule has 2 aromatic rings. The van der Waals surface area contributed by atoms with Crippen molar-refractivity contribution in [2.75, 3.05) is 13.1 Å². The van der Waals surface area contributed by atoms with Gasteiger partial charge in [-0.25, -0.2) is 4.98 Å². The van der Waals surface area contributed by atoms with E-state index >= 15 is 0 Å². The van der Waals surface area contributed by atoms with E-state index < -0.39 is 0 Å². The average Bonchev–Trinajstić information content (AvgIpc) is 3.15. The molecule has 0 saturated carbocycles. The van der Waals surface area contributed by atoms with Crippen molar-refractivity contribution in [2.45, 2.75) is 45.8 Å². The zero-order valence-electron chi connectivity index (χ0n) is 13.8. The number of amides is 1. The number of fused-ring (bicyclic) bond motifs is 1. The molecule has 1 aliphatic rings. The topological polar surface area (TPSA) is 63.1 Å². The van der Waals surface area contributed by atoms with Crippen LogP contribution in [-0.4, -0.2) is 44.7 Å². The summed E-state index contributed by atoms with van der Waals surface area (Å²) in [4.78, 5) is 18.7. The number of rotatable bonds is 5. The third kappa shape index (κ3) is 3.61. The molecule has 3 rings (SSSR count). The van der Waals surface area contributed by atoms with E-state index in [4.69, 9.17) is 0 Å². The van der Waals surface area contributed by atoms with Crippen LogP contribution in [0.15, 0.2) is 17.6 Å². The molecule has 124 valence electrons. The summed E-state index contributed by atoms with van der Waals surface area (Å²) in [6, 6.07) is 2.89. The van der Waals surface area contributed by atoms with Crippen molar-refractivity contribution in [3.63, 3.8) is 0 Å². The Kier molecular flexibility index (Phi) is 4.77. The molecule has 1 amide bonds. The predicted octanol–water partition coefficient (Wildman–Crippen LogP) is 2.23. The minimum Gasteiger partial charge on any atom is -0.351 e. The van der Waals surface area contributed by atoms with Crippen LogP contribution in [0.4, 0.5) is 0 Å². The van der Waals surface area contributed by atoms with Crippen LogP contribution in [0, 0.1) is 6.92 Å². The second kappa shape index (κ2) is 6.80. The number of carbonyl (C=O) groups is 1. The van der Waals surface area contributed by atoms with Gasteiger partial charge in [0.25, 0.3) is 5.91 Å². The zero-order chi connectivity index (χ0) is 16.4. The molecule has 3 heterocycles. The summed E-state index contributed by atoms with van der Waals surface area (Å²) in [7, 11) is 0. The van der Waals surface area contributed by atoms with E-state index in [0.29, 0.717) is 24.3 Å². The zero-order valence-corrected chi connectivity index (χ0v) is 14.6. The molecule has 0 bridgehead atoms. The van der Waals surface area contributed by atoms with Crippen LogP contribution in [0.3, 0.4) is 0 Å². The first-order chi connectivity index (χ1) is 11.0. The highest BCUT2D eigenvalue weighted by Crippen LogP contribution is 2.24. The van der Waals surface area contributed by atoms with Crippen molar-refractivity contribution in [3.8, 4) is 0 Å². The number of thiazole rings is 1. The molecule has 2 aromatic heterocycles. The van der Waals surface area contributed by atoms with Gasteiger partial charge in [0.05, 0.1) is 16.7 Å². The largest absolute Gasteiger partial charge is 0.351 e. The fourth-order valence-electron chi connectivity index (χ4n) is 2.93. The lowest BCUT2D eigenvalue weighted by Gasteiger charge is -2.36. The number of aromatic nitrogens is 3. The normalized spacial score (nSPS) is 18.2.